The lowest BCUT2D eigenvalue weighted by atomic mass is 10.1. The molecule has 0 N–H and O–H groups in total. The number of fused-ring (bicyclic) bond motifs is 1. The second-order valence-electron chi connectivity index (χ2n) is 5.62. The highest BCUT2D eigenvalue weighted by molar-refractivity contribution is 5.88. The van der Waals surface area contributed by atoms with E-state index in [2.05, 4.69) is 18.0 Å². The lowest BCUT2D eigenvalue weighted by Crippen LogP contribution is -2.47. The van der Waals surface area contributed by atoms with E-state index in [1.807, 2.05) is 24.0 Å². The van der Waals surface area contributed by atoms with Crippen molar-refractivity contribution in [1.82, 2.24) is 9.80 Å². The lowest BCUT2D eigenvalue weighted by molar-refractivity contribution is -0.132. The van der Waals surface area contributed by atoms with Crippen molar-refractivity contribution in [2.24, 2.45) is 0 Å². The first-order valence-corrected chi connectivity index (χ1v) is 7.06. The van der Waals surface area contributed by atoms with E-state index in [0.717, 1.165) is 42.7 Å². The van der Waals surface area contributed by atoms with Gasteiger partial charge in [0.1, 0.15) is 5.58 Å². The number of furan rings is 1. The number of likely N-dealkylation sites (N-methyl/N-ethyl adjacent to an activating group) is 1. The molecule has 1 aromatic carbocycles. The number of amides is 1. The highest BCUT2D eigenvalue weighted by atomic mass is 16.3. The molecule has 20 heavy (non-hydrogen) atoms. The zero-order valence-corrected chi connectivity index (χ0v) is 12.1. The smallest absolute Gasteiger partial charge is 0.227 e. The van der Waals surface area contributed by atoms with Gasteiger partial charge in [-0.15, -0.1) is 0 Å². The standard InChI is InChI=1S/C16H20N2O2/c1-12-3-4-14-13(11-20-15(14)9-12)10-16(19)18-7-5-17(2)6-8-18/h3-4,9,11H,5-8,10H2,1-2H3. The molecule has 1 amide bonds. The summed E-state index contributed by atoms with van der Waals surface area (Å²) < 4.78 is 5.56. The molecule has 0 aliphatic carbocycles. The minimum Gasteiger partial charge on any atom is -0.464 e. The fourth-order valence-corrected chi connectivity index (χ4v) is 2.66. The first kappa shape index (κ1) is 13.2. The second-order valence-corrected chi connectivity index (χ2v) is 5.62. The van der Waals surface area contributed by atoms with E-state index < -0.39 is 0 Å². The zero-order valence-electron chi connectivity index (χ0n) is 12.1. The van der Waals surface area contributed by atoms with Crippen molar-refractivity contribution in [2.75, 3.05) is 33.2 Å². The molecule has 4 nitrogen and oxygen atoms in total. The SMILES string of the molecule is Cc1ccc2c(CC(=O)N3CCN(C)CC3)coc2c1. The van der Waals surface area contributed by atoms with Crippen LogP contribution in [0.4, 0.5) is 0 Å². The lowest BCUT2D eigenvalue weighted by Gasteiger charge is -2.32. The molecule has 0 unspecified atom stereocenters. The Balaban J connectivity index is 1.74. The highest BCUT2D eigenvalue weighted by Gasteiger charge is 2.20. The highest BCUT2D eigenvalue weighted by Crippen LogP contribution is 2.23. The van der Waals surface area contributed by atoms with Crippen molar-refractivity contribution < 1.29 is 9.21 Å². The number of nitrogens with zero attached hydrogens (tertiary/aromatic N) is 2. The number of carbonyl (C=O) groups is 1. The van der Waals surface area contributed by atoms with Gasteiger partial charge in [-0.25, -0.2) is 0 Å². The van der Waals surface area contributed by atoms with Crippen LogP contribution in [0.25, 0.3) is 11.0 Å². The first-order valence-electron chi connectivity index (χ1n) is 7.06. The van der Waals surface area contributed by atoms with Gasteiger partial charge < -0.3 is 14.2 Å². The Hall–Kier alpha value is -1.81. The molecule has 3 rings (SSSR count). The Morgan fingerprint density at radius 1 is 1.25 bits per heavy atom. The summed E-state index contributed by atoms with van der Waals surface area (Å²) in [6, 6.07) is 6.11. The Labute approximate surface area is 119 Å². The monoisotopic (exact) mass is 272 g/mol. The van der Waals surface area contributed by atoms with Crippen LogP contribution in [0, 0.1) is 6.92 Å². The number of carbonyl (C=O) groups excluding carboxylic acids is 1. The largest absolute Gasteiger partial charge is 0.464 e. The van der Waals surface area contributed by atoms with E-state index in [0.29, 0.717) is 6.42 Å². The normalized spacial score (nSPS) is 16.8. The topological polar surface area (TPSA) is 36.7 Å². The number of aryl methyl sites for hydroxylation is 1. The van der Waals surface area contributed by atoms with Gasteiger partial charge in [-0.3, -0.25) is 4.79 Å². The minimum absolute atomic E-state index is 0.196. The molecule has 4 heteroatoms. The average molecular weight is 272 g/mol. The molecule has 0 saturated carbocycles. The van der Waals surface area contributed by atoms with Gasteiger partial charge in [0.15, 0.2) is 0 Å². The molecular formula is C16H20N2O2. The Morgan fingerprint density at radius 3 is 2.75 bits per heavy atom. The number of hydrogen-bond acceptors (Lipinski definition) is 3. The maximum absolute atomic E-state index is 12.3. The third-order valence-electron chi connectivity index (χ3n) is 4.01. The molecule has 2 aromatic rings. The second kappa shape index (κ2) is 5.29. The van der Waals surface area contributed by atoms with Crippen LogP contribution in [0.5, 0.6) is 0 Å². The Bertz CT molecular complexity index is 624. The molecule has 0 radical (unpaired) electrons. The van der Waals surface area contributed by atoms with Gasteiger partial charge in [-0.1, -0.05) is 12.1 Å². The average Bonchev–Trinajstić information content (AvgIpc) is 2.81. The summed E-state index contributed by atoms with van der Waals surface area (Å²) in [4.78, 5) is 16.5. The summed E-state index contributed by atoms with van der Waals surface area (Å²) in [5.41, 5.74) is 3.03. The molecule has 0 atom stereocenters. The zero-order chi connectivity index (χ0) is 14.1. The van der Waals surface area contributed by atoms with Gasteiger partial charge >= 0.3 is 0 Å². The van der Waals surface area contributed by atoms with Gasteiger partial charge in [0.2, 0.25) is 5.91 Å². The van der Waals surface area contributed by atoms with Gasteiger partial charge in [0.05, 0.1) is 12.7 Å². The fourth-order valence-electron chi connectivity index (χ4n) is 2.66. The fraction of sp³-hybridized carbons (Fsp3) is 0.438. The van der Waals surface area contributed by atoms with Crippen molar-refractivity contribution in [3.05, 3.63) is 35.6 Å². The van der Waals surface area contributed by atoms with Crippen LogP contribution in [-0.2, 0) is 11.2 Å². The predicted molar refractivity (Wildman–Crippen MR) is 78.7 cm³/mol. The van der Waals surface area contributed by atoms with Crippen LogP contribution in [0.15, 0.2) is 28.9 Å². The van der Waals surface area contributed by atoms with Crippen molar-refractivity contribution in [1.29, 1.82) is 0 Å². The molecule has 1 aliphatic rings. The van der Waals surface area contributed by atoms with Gasteiger partial charge in [0.25, 0.3) is 0 Å². The van der Waals surface area contributed by atoms with E-state index in [-0.39, 0.29) is 5.91 Å². The summed E-state index contributed by atoms with van der Waals surface area (Å²) in [5.74, 6) is 0.196. The third-order valence-corrected chi connectivity index (χ3v) is 4.01. The number of benzene rings is 1. The summed E-state index contributed by atoms with van der Waals surface area (Å²) in [6.45, 7) is 5.60. The van der Waals surface area contributed by atoms with E-state index in [9.17, 15) is 4.79 Å². The number of hydrogen-bond donors (Lipinski definition) is 0. The van der Waals surface area contributed by atoms with Crippen molar-refractivity contribution in [2.45, 2.75) is 13.3 Å². The van der Waals surface area contributed by atoms with Gasteiger partial charge in [-0.2, -0.15) is 0 Å². The minimum atomic E-state index is 0.196. The van der Waals surface area contributed by atoms with Crippen LogP contribution >= 0.6 is 0 Å². The van der Waals surface area contributed by atoms with Crippen molar-refractivity contribution in [3.63, 3.8) is 0 Å². The first-order chi connectivity index (χ1) is 9.63. The van der Waals surface area contributed by atoms with Crippen LogP contribution in [0.2, 0.25) is 0 Å². The van der Waals surface area contributed by atoms with Crippen LogP contribution in [-0.4, -0.2) is 48.9 Å². The van der Waals surface area contributed by atoms with Crippen molar-refractivity contribution in [3.8, 4) is 0 Å². The maximum atomic E-state index is 12.3. The van der Waals surface area contributed by atoms with Gasteiger partial charge in [0, 0.05) is 37.1 Å². The van der Waals surface area contributed by atoms with E-state index >= 15 is 0 Å². The molecule has 106 valence electrons. The summed E-state index contributed by atoms with van der Waals surface area (Å²) in [6.07, 6.45) is 2.15. The van der Waals surface area contributed by atoms with Crippen LogP contribution in [0.1, 0.15) is 11.1 Å². The maximum Gasteiger partial charge on any atom is 0.227 e. The van der Waals surface area contributed by atoms with Crippen LogP contribution < -0.4 is 0 Å². The molecule has 1 fully saturated rings. The molecule has 0 spiro atoms. The van der Waals surface area contributed by atoms with E-state index in [1.54, 1.807) is 6.26 Å². The molecule has 1 saturated heterocycles. The number of piperazine rings is 1. The quantitative estimate of drug-likeness (QED) is 0.839. The number of rotatable bonds is 2. The molecule has 1 aliphatic heterocycles. The van der Waals surface area contributed by atoms with Crippen molar-refractivity contribution >= 4 is 16.9 Å². The molecule has 1 aromatic heterocycles. The third kappa shape index (κ3) is 2.56. The molecule has 0 bridgehead atoms. The van der Waals surface area contributed by atoms with E-state index in [1.165, 1.54) is 5.56 Å². The Morgan fingerprint density at radius 2 is 2.00 bits per heavy atom. The van der Waals surface area contributed by atoms with Gasteiger partial charge in [-0.05, 0) is 25.6 Å². The summed E-state index contributed by atoms with van der Waals surface area (Å²) in [5, 5.41) is 1.05. The summed E-state index contributed by atoms with van der Waals surface area (Å²) in [7, 11) is 2.09. The van der Waals surface area contributed by atoms with Crippen LogP contribution in [0.3, 0.4) is 0 Å². The van der Waals surface area contributed by atoms with E-state index in [4.69, 9.17) is 4.42 Å². The predicted octanol–water partition coefficient (Wildman–Crippen LogP) is 2.06. The Kier molecular flexibility index (Phi) is 3.49. The molecule has 2 heterocycles. The summed E-state index contributed by atoms with van der Waals surface area (Å²) >= 11 is 0. The molecular weight excluding hydrogens is 252 g/mol.